The van der Waals surface area contributed by atoms with Gasteiger partial charge in [0.15, 0.2) is 0 Å². The van der Waals surface area contributed by atoms with Crippen LogP contribution in [-0.4, -0.2) is 35.1 Å². The quantitative estimate of drug-likeness (QED) is 0.919. The Balaban J connectivity index is 1.62. The topological polar surface area (TPSA) is 40.5 Å². The van der Waals surface area contributed by atoms with E-state index < -0.39 is 0 Å². The van der Waals surface area contributed by atoms with E-state index in [1.54, 1.807) is 0 Å². The number of carbonyl (C=O) groups is 1. The fraction of sp³-hybridized carbons (Fsp3) is 0.588. The minimum Gasteiger partial charge on any atom is -0.391 e. The number of hydrogen-bond acceptors (Lipinski definition) is 2. The molecule has 2 unspecified atom stereocenters. The van der Waals surface area contributed by atoms with Gasteiger partial charge in [-0.1, -0.05) is 38.1 Å². The van der Waals surface area contributed by atoms with Crippen molar-refractivity contribution in [1.29, 1.82) is 0 Å². The van der Waals surface area contributed by atoms with Crippen LogP contribution in [0.1, 0.15) is 49.7 Å². The lowest BCUT2D eigenvalue weighted by molar-refractivity contribution is -0.131. The van der Waals surface area contributed by atoms with Crippen LogP contribution in [0.4, 0.5) is 0 Å². The molecule has 1 heterocycles. The maximum absolute atomic E-state index is 12.3. The van der Waals surface area contributed by atoms with Gasteiger partial charge in [0.25, 0.3) is 0 Å². The first-order chi connectivity index (χ1) is 9.56. The van der Waals surface area contributed by atoms with Gasteiger partial charge in [0.1, 0.15) is 0 Å². The molecular formula is C17H23NO2. The lowest BCUT2D eigenvalue weighted by atomic mass is 10.00. The zero-order valence-corrected chi connectivity index (χ0v) is 12.2. The summed E-state index contributed by atoms with van der Waals surface area (Å²) in [6.07, 6.45) is 1.38. The van der Waals surface area contributed by atoms with Gasteiger partial charge >= 0.3 is 0 Å². The molecule has 1 saturated carbocycles. The van der Waals surface area contributed by atoms with Crippen LogP contribution in [0.5, 0.6) is 0 Å². The van der Waals surface area contributed by atoms with Crippen molar-refractivity contribution in [3.8, 4) is 0 Å². The molecule has 3 nitrogen and oxygen atoms in total. The SMILES string of the molecule is CC(C)c1ccc(C2CC2C(=O)N2CC[C@@H](O)C2)cc1. The van der Waals surface area contributed by atoms with E-state index >= 15 is 0 Å². The Morgan fingerprint density at radius 3 is 2.55 bits per heavy atom. The van der Waals surface area contributed by atoms with Crippen molar-refractivity contribution < 1.29 is 9.90 Å². The average Bonchev–Trinajstić information content (AvgIpc) is 3.13. The van der Waals surface area contributed by atoms with Gasteiger partial charge in [-0.05, 0) is 35.8 Å². The number of β-amino-alcohol motifs (C(OH)–C–C–N with tert-alkyl or cyclic N) is 1. The largest absolute Gasteiger partial charge is 0.391 e. The number of amides is 1. The fourth-order valence-corrected chi connectivity index (χ4v) is 3.14. The van der Waals surface area contributed by atoms with Crippen LogP contribution < -0.4 is 0 Å². The Morgan fingerprint density at radius 2 is 2.00 bits per heavy atom. The number of benzene rings is 1. The molecule has 3 rings (SSSR count). The smallest absolute Gasteiger partial charge is 0.226 e. The van der Waals surface area contributed by atoms with Crippen LogP contribution in [0.15, 0.2) is 24.3 Å². The number of carbonyl (C=O) groups excluding carboxylic acids is 1. The molecule has 1 aromatic carbocycles. The summed E-state index contributed by atoms with van der Waals surface area (Å²) in [7, 11) is 0. The monoisotopic (exact) mass is 273 g/mol. The molecular weight excluding hydrogens is 250 g/mol. The third-order valence-electron chi connectivity index (χ3n) is 4.61. The molecule has 3 atom stereocenters. The molecule has 1 amide bonds. The Labute approximate surface area is 120 Å². The summed E-state index contributed by atoms with van der Waals surface area (Å²) in [5.74, 6) is 1.32. The predicted octanol–water partition coefficient (Wildman–Crippen LogP) is 2.51. The van der Waals surface area contributed by atoms with E-state index in [1.165, 1.54) is 11.1 Å². The summed E-state index contributed by atoms with van der Waals surface area (Å²) in [6, 6.07) is 8.71. The van der Waals surface area contributed by atoms with Gasteiger partial charge in [0.2, 0.25) is 5.91 Å². The van der Waals surface area contributed by atoms with Gasteiger partial charge < -0.3 is 10.0 Å². The van der Waals surface area contributed by atoms with E-state index in [0.29, 0.717) is 18.4 Å². The molecule has 1 N–H and O–H groups in total. The van der Waals surface area contributed by atoms with Crippen molar-refractivity contribution in [2.45, 2.75) is 44.6 Å². The molecule has 2 aliphatic rings. The Bertz CT molecular complexity index is 494. The second-order valence-electron chi connectivity index (χ2n) is 6.50. The van der Waals surface area contributed by atoms with Gasteiger partial charge in [0, 0.05) is 19.0 Å². The lowest BCUT2D eigenvalue weighted by Gasteiger charge is -2.15. The summed E-state index contributed by atoms with van der Waals surface area (Å²) in [5.41, 5.74) is 2.63. The van der Waals surface area contributed by atoms with Crippen molar-refractivity contribution in [3.63, 3.8) is 0 Å². The van der Waals surface area contributed by atoms with E-state index in [-0.39, 0.29) is 17.9 Å². The Kier molecular flexibility index (Phi) is 3.55. The molecule has 2 fully saturated rings. The molecule has 108 valence electrons. The third-order valence-corrected chi connectivity index (χ3v) is 4.61. The summed E-state index contributed by atoms with van der Waals surface area (Å²) in [5, 5.41) is 9.52. The van der Waals surface area contributed by atoms with Crippen molar-refractivity contribution in [1.82, 2.24) is 4.90 Å². The zero-order valence-electron chi connectivity index (χ0n) is 12.2. The second kappa shape index (κ2) is 5.21. The zero-order chi connectivity index (χ0) is 14.3. The van der Waals surface area contributed by atoms with Gasteiger partial charge in [0.05, 0.1) is 6.10 Å². The Hall–Kier alpha value is -1.35. The van der Waals surface area contributed by atoms with Crippen LogP contribution in [0.25, 0.3) is 0 Å². The second-order valence-corrected chi connectivity index (χ2v) is 6.50. The molecule has 1 saturated heterocycles. The first-order valence-electron chi connectivity index (χ1n) is 7.63. The van der Waals surface area contributed by atoms with Gasteiger partial charge in [-0.25, -0.2) is 0 Å². The molecule has 20 heavy (non-hydrogen) atoms. The van der Waals surface area contributed by atoms with Crippen LogP contribution in [0.2, 0.25) is 0 Å². The van der Waals surface area contributed by atoms with Crippen LogP contribution in [0.3, 0.4) is 0 Å². The highest BCUT2D eigenvalue weighted by Gasteiger charge is 2.46. The van der Waals surface area contributed by atoms with Crippen molar-refractivity contribution >= 4 is 5.91 Å². The standard InChI is InChI=1S/C17H23NO2/c1-11(2)12-3-5-13(6-4-12)15-9-16(15)17(20)18-8-7-14(19)10-18/h3-6,11,14-16,19H,7-10H2,1-2H3/t14-,15?,16?/m1/s1. The molecule has 3 heteroatoms. The predicted molar refractivity (Wildman–Crippen MR) is 78.6 cm³/mol. The van der Waals surface area contributed by atoms with E-state index in [0.717, 1.165) is 19.4 Å². The number of hydrogen-bond donors (Lipinski definition) is 1. The third kappa shape index (κ3) is 2.59. The highest BCUT2D eigenvalue weighted by Crippen LogP contribution is 2.48. The maximum atomic E-state index is 12.3. The summed E-state index contributed by atoms with van der Waals surface area (Å²) in [6.45, 7) is 5.62. The first kappa shape index (κ1) is 13.6. The van der Waals surface area contributed by atoms with E-state index in [4.69, 9.17) is 0 Å². The van der Waals surface area contributed by atoms with Crippen molar-refractivity contribution in [2.75, 3.05) is 13.1 Å². The lowest BCUT2D eigenvalue weighted by Crippen LogP contribution is -2.31. The number of aliphatic hydroxyl groups is 1. The molecule has 1 aromatic rings. The van der Waals surface area contributed by atoms with E-state index in [2.05, 4.69) is 38.1 Å². The maximum Gasteiger partial charge on any atom is 0.226 e. The van der Waals surface area contributed by atoms with Gasteiger partial charge in [-0.3, -0.25) is 4.79 Å². The van der Waals surface area contributed by atoms with Crippen molar-refractivity contribution in [2.24, 2.45) is 5.92 Å². The van der Waals surface area contributed by atoms with Crippen LogP contribution in [0, 0.1) is 5.92 Å². The molecule has 0 bridgehead atoms. The molecule has 0 spiro atoms. The number of aliphatic hydroxyl groups excluding tert-OH is 1. The molecule has 0 radical (unpaired) electrons. The molecule has 0 aromatic heterocycles. The highest BCUT2D eigenvalue weighted by molar-refractivity contribution is 5.83. The Morgan fingerprint density at radius 1 is 1.30 bits per heavy atom. The van der Waals surface area contributed by atoms with E-state index in [9.17, 15) is 9.90 Å². The minimum absolute atomic E-state index is 0.144. The van der Waals surface area contributed by atoms with Gasteiger partial charge in [-0.2, -0.15) is 0 Å². The molecule has 1 aliphatic heterocycles. The number of likely N-dealkylation sites (tertiary alicyclic amines) is 1. The van der Waals surface area contributed by atoms with Crippen molar-refractivity contribution in [3.05, 3.63) is 35.4 Å². The fourth-order valence-electron chi connectivity index (χ4n) is 3.14. The molecule has 1 aliphatic carbocycles. The number of rotatable bonds is 3. The van der Waals surface area contributed by atoms with Crippen LogP contribution in [-0.2, 0) is 4.79 Å². The first-order valence-corrected chi connectivity index (χ1v) is 7.63. The average molecular weight is 273 g/mol. The number of nitrogens with zero attached hydrogens (tertiary/aromatic N) is 1. The summed E-state index contributed by atoms with van der Waals surface area (Å²) < 4.78 is 0. The minimum atomic E-state index is -0.318. The van der Waals surface area contributed by atoms with Gasteiger partial charge in [-0.15, -0.1) is 0 Å². The normalized spacial score (nSPS) is 29.0. The summed E-state index contributed by atoms with van der Waals surface area (Å²) in [4.78, 5) is 14.2. The highest BCUT2D eigenvalue weighted by atomic mass is 16.3. The van der Waals surface area contributed by atoms with Crippen LogP contribution >= 0.6 is 0 Å². The summed E-state index contributed by atoms with van der Waals surface area (Å²) >= 11 is 0. The van der Waals surface area contributed by atoms with E-state index in [1.807, 2.05) is 4.90 Å².